The highest BCUT2D eigenvalue weighted by atomic mass is 35.5. The Kier molecular flexibility index (Phi) is 5.32. The van der Waals surface area contributed by atoms with Crippen molar-refractivity contribution in [1.82, 2.24) is 5.32 Å². The SMILES string of the molecule is CC(=O)NCCN1C(=O)CN=C(c2ccccc2F)c2cc(Cl)ccc21. The summed E-state index contributed by atoms with van der Waals surface area (Å²) in [5.74, 6) is -0.825. The number of nitrogens with zero attached hydrogens (tertiary/aromatic N) is 2. The Morgan fingerprint density at radius 3 is 2.77 bits per heavy atom. The Balaban J connectivity index is 2.06. The van der Waals surface area contributed by atoms with Crippen molar-refractivity contribution in [2.24, 2.45) is 4.99 Å². The second-order valence-electron chi connectivity index (χ2n) is 5.83. The van der Waals surface area contributed by atoms with Crippen LogP contribution in [0.5, 0.6) is 0 Å². The van der Waals surface area contributed by atoms with E-state index in [1.165, 1.54) is 13.0 Å². The third-order valence-electron chi connectivity index (χ3n) is 4.02. The molecule has 1 heterocycles. The summed E-state index contributed by atoms with van der Waals surface area (Å²) in [6, 6.07) is 11.3. The van der Waals surface area contributed by atoms with Crippen LogP contribution in [0.25, 0.3) is 0 Å². The summed E-state index contributed by atoms with van der Waals surface area (Å²) in [5.41, 5.74) is 1.86. The number of hydrogen-bond donors (Lipinski definition) is 1. The van der Waals surface area contributed by atoms with E-state index in [0.29, 0.717) is 34.1 Å². The lowest BCUT2D eigenvalue weighted by molar-refractivity contribution is -0.119. The van der Waals surface area contributed by atoms with E-state index >= 15 is 0 Å². The van der Waals surface area contributed by atoms with E-state index < -0.39 is 5.82 Å². The Labute approximate surface area is 155 Å². The molecule has 0 spiro atoms. The fourth-order valence-corrected chi connectivity index (χ4v) is 3.03. The molecule has 3 rings (SSSR count). The molecule has 0 atom stereocenters. The topological polar surface area (TPSA) is 61.8 Å². The number of carbonyl (C=O) groups excluding carboxylic acids is 2. The van der Waals surface area contributed by atoms with E-state index in [1.807, 2.05) is 0 Å². The number of amides is 2. The predicted molar refractivity (Wildman–Crippen MR) is 99.4 cm³/mol. The third kappa shape index (κ3) is 3.75. The van der Waals surface area contributed by atoms with Gasteiger partial charge in [0.25, 0.3) is 0 Å². The minimum absolute atomic E-state index is 0.115. The molecule has 0 fully saturated rings. The fraction of sp³-hybridized carbons (Fsp3) is 0.211. The quantitative estimate of drug-likeness (QED) is 0.895. The summed E-state index contributed by atoms with van der Waals surface area (Å²) in [6.07, 6.45) is 0. The van der Waals surface area contributed by atoms with Crippen molar-refractivity contribution in [1.29, 1.82) is 0 Å². The fourth-order valence-electron chi connectivity index (χ4n) is 2.86. The molecule has 5 nitrogen and oxygen atoms in total. The molecular weight excluding hydrogens is 357 g/mol. The summed E-state index contributed by atoms with van der Waals surface area (Å²) < 4.78 is 14.3. The second-order valence-corrected chi connectivity index (χ2v) is 6.27. The number of benzene rings is 2. The normalized spacial score (nSPS) is 13.7. The lowest BCUT2D eigenvalue weighted by atomic mass is 9.99. The monoisotopic (exact) mass is 373 g/mol. The maximum atomic E-state index is 14.3. The van der Waals surface area contributed by atoms with Crippen LogP contribution < -0.4 is 10.2 Å². The van der Waals surface area contributed by atoms with Crippen LogP contribution in [-0.4, -0.2) is 37.2 Å². The number of benzodiazepines with no additional fused rings is 1. The number of anilines is 1. The van der Waals surface area contributed by atoms with Crippen molar-refractivity contribution in [2.75, 3.05) is 24.5 Å². The number of nitrogens with one attached hydrogen (secondary N) is 1. The van der Waals surface area contributed by atoms with E-state index in [9.17, 15) is 14.0 Å². The highest BCUT2D eigenvalue weighted by Crippen LogP contribution is 2.30. The number of halogens is 2. The van der Waals surface area contributed by atoms with Gasteiger partial charge >= 0.3 is 0 Å². The first-order valence-corrected chi connectivity index (χ1v) is 8.49. The van der Waals surface area contributed by atoms with E-state index in [1.54, 1.807) is 41.3 Å². The van der Waals surface area contributed by atoms with E-state index in [4.69, 9.17) is 11.6 Å². The molecule has 2 aromatic carbocycles. The van der Waals surface area contributed by atoms with Crippen LogP contribution in [-0.2, 0) is 9.59 Å². The van der Waals surface area contributed by atoms with Crippen LogP contribution in [0.1, 0.15) is 18.1 Å². The predicted octanol–water partition coefficient (Wildman–Crippen LogP) is 2.80. The molecule has 7 heteroatoms. The highest BCUT2D eigenvalue weighted by Gasteiger charge is 2.26. The lowest BCUT2D eigenvalue weighted by Crippen LogP contribution is -2.39. The molecule has 0 radical (unpaired) electrons. The summed E-state index contributed by atoms with van der Waals surface area (Å²) in [7, 11) is 0. The zero-order valence-corrected chi connectivity index (χ0v) is 14.9. The van der Waals surface area contributed by atoms with Gasteiger partial charge in [-0.2, -0.15) is 0 Å². The molecule has 26 heavy (non-hydrogen) atoms. The van der Waals surface area contributed by atoms with Crippen LogP contribution in [0.2, 0.25) is 5.02 Å². The molecule has 0 saturated carbocycles. The molecular formula is C19H17ClFN3O2. The molecule has 2 amide bonds. The maximum Gasteiger partial charge on any atom is 0.248 e. The third-order valence-corrected chi connectivity index (χ3v) is 4.25. The molecule has 1 N–H and O–H groups in total. The van der Waals surface area contributed by atoms with Gasteiger partial charge in [0.2, 0.25) is 11.8 Å². The van der Waals surface area contributed by atoms with Crippen molar-refractivity contribution < 1.29 is 14.0 Å². The number of hydrogen-bond acceptors (Lipinski definition) is 3. The molecule has 134 valence electrons. The Morgan fingerprint density at radius 1 is 1.27 bits per heavy atom. The van der Waals surface area contributed by atoms with Crippen molar-refractivity contribution >= 4 is 34.8 Å². The maximum absolute atomic E-state index is 14.3. The van der Waals surface area contributed by atoms with Crippen LogP contribution in [0.4, 0.5) is 10.1 Å². The van der Waals surface area contributed by atoms with E-state index in [2.05, 4.69) is 10.3 Å². The molecule has 2 aromatic rings. The first kappa shape index (κ1) is 18.1. The highest BCUT2D eigenvalue weighted by molar-refractivity contribution is 6.32. The van der Waals surface area contributed by atoms with Gasteiger partial charge in [-0.1, -0.05) is 23.7 Å². The van der Waals surface area contributed by atoms with Crippen LogP contribution in [0, 0.1) is 5.82 Å². The Hall–Kier alpha value is -2.73. The van der Waals surface area contributed by atoms with Crippen molar-refractivity contribution in [3.8, 4) is 0 Å². The number of carbonyl (C=O) groups is 2. The van der Waals surface area contributed by atoms with E-state index in [-0.39, 0.29) is 24.9 Å². The average molecular weight is 374 g/mol. The van der Waals surface area contributed by atoms with Crippen molar-refractivity contribution in [2.45, 2.75) is 6.92 Å². The molecule has 0 aliphatic carbocycles. The van der Waals surface area contributed by atoms with Gasteiger partial charge in [-0.05, 0) is 30.3 Å². The van der Waals surface area contributed by atoms with Gasteiger partial charge < -0.3 is 10.2 Å². The van der Waals surface area contributed by atoms with Gasteiger partial charge in [0.15, 0.2) is 0 Å². The summed E-state index contributed by atoms with van der Waals surface area (Å²) in [4.78, 5) is 29.6. The first-order valence-electron chi connectivity index (χ1n) is 8.11. The van der Waals surface area contributed by atoms with Gasteiger partial charge in [-0.3, -0.25) is 14.6 Å². The first-order chi connectivity index (χ1) is 12.5. The van der Waals surface area contributed by atoms with E-state index in [0.717, 1.165) is 0 Å². The molecule has 0 aromatic heterocycles. The smallest absolute Gasteiger partial charge is 0.248 e. The zero-order valence-electron chi connectivity index (χ0n) is 14.1. The van der Waals surface area contributed by atoms with Gasteiger partial charge in [0.1, 0.15) is 12.4 Å². The second kappa shape index (κ2) is 7.66. The molecule has 0 bridgehead atoms. The van der Waals surface area contributed by atoms with Crippen molar-refractivity contribution in [3.05, 3.63) is 64.4 Å². The van der Waals surface area contributed by atoms with Crippen molar-refractivity contribution in [3.63, 3.8) is 0 Å². The molecule has 1 aliphatic heterocycles. The van der Waals surface area contributed by atoms with Gasteiger partial charge in [0.05, 0.1) is 11.4 Å². The van der Waals surface area contributed by atoms with Gasteiger partial charge in [0, 0.05) is 36.2 Å². The summed E-state index contributed by atoms with van der Waals surface area (Å²) in [6.45, 7) is 1.89. The number of aliphatic imine (C=N–C) groups is 1. The standard InChI is InChI=1S/C19H17ClFN3O2/c1-12(25)22-8-9-24-17-7-6-13(20)10-15(17)19(23-11-18(24)26)14-4-2-3-5-16(14)21/h2-7,10H,8-9,11H2,1H3,(H,22,25). The largest absolute Gasteiger partial charge is 0.355 e. The Bertz CT molecular complexity index is 898. The summed E-state index contributed by atoms with van der Waals surface area (Å²) in [5, 5.41) is 3.13. The van der Waals surface area contributed by atoms with Crippen LogP contribution >= 0.6 is 11.6 Å². The minimum atomic E-state index is -0.420. The number of fused-ring (bicyclic) bond motifs is 1. The average Bonchev–Trinajstić information content (AvgIpc) is 2.72. The van der Waals surface area contributed by atoms with Gasteiger partial charge in [-0.25, -0.2) is 4.39 Å². The number of rotatable bonds is 4. The van der Waals surface area contributed by atoms with Crippen LogP contribution in [0.15, 0.2) is 47.5 Å². The lowest BCUT2D eigenvalue weighted by Gasteiger charge is -2.23. The van der Waals surface area contributed by atoms with Gasteiger partial charge in [-0.15, -0.1) is 0 Å². The Morgan fingerprint density at radius 2 is 2.04 bits per heavy atom. The molecule has 1 aliphatic rings. The zero-order chi connectivity index (χ0) is 18.7. The molecule has 0 saturated heterocycles. The summed E-state index contributed by atoms with van der Waals surface area (Å²) >= 11 is 6.14. The van der Waals surface area contributed by atoms with Crippen LogP contribution in [0.3, 0.4) is 0 Å². The molecule has 0 unspecified atom stereocenters. The minimum Gasteiger partial charge on any atom is -0.355 e.